The number of halogens is 6. The average molecular weight is 466 g/mol. The highest BCUT2D eigenvalue weighted by atomic mass is 19.4. The van der Waals surface area contributed by atoms with E-state index in [1.807, 2.05) is 0 Å². The summed E-state index contributed by atoms with van der Waals surface area (Å²) < 4.78 is 89.5. The van der Waals surface area contributed by atoms with Gasteiger partial charge in [0.25, 0.3) is 5.60 Å². The van der Waals surface area contributed by atoms with Gasteiger partial charge in [-0.2, -0.15) is 26.3 Å². The molecule has 0 spiro atoms. The van der Waals surface area contributed by atoms with Crippen molar-refractivity contribution in [3.05, 3.63) is 58.7 Å². The quantitative estimate of drug-likeness (QED) is 0.415. The Bertz CT molecular complexity index is 914. The molecular weight excluding hydrogens is 446 g/mol. The fourth-order valence-corrected chi connectivity index (χ4v) is 2.99. The first-order valence-corrected chi connectivity index (χ1v) is 9.25. The van der Waals surface area contributed by atoms with E-state index in [4.69, 9.17) is 14.6 Å². The minimum Gasteiger partial charge on any atom is -0.493 e. The van der Waals surface area contributed by atoms with Crippen LogP contribution in [0.25, 0.3) is 0 Å². The molecule has 0 aliphatic heterocycles. The normalized spacial score (nSPS) is 12.5. The second kappa shape index (κ2) is 9.27. The van der Waals surface area contributed by atoms with Crippen LogP contribution in [-0.4, -0.2) is 41.7 Å². The zero-order chi connectivity index (χ0) is 24.3. The van der Waals surface area contributed by atoms with Gasteiger partial charge < -0.3 is 19.7 Å². The Hall–Kier alpha value is -2.95. The number of hydrogen-bond acceptors (Lipinski definition) is 4. The number of aliphatic hydroxyl groups is 1. The molecule has 0 unspecified atom stereocenters. The van der Waals surface area contributed by atoms with Gasteiger partial charge in [0.15, 0.2) is 0 Å². The zero-order valence-electron chi connectivity index (χ0n) is 17.0. The number of carboxylic acids is 1. The van der Waals surface area contributed by atoms with Crippen LogP contribution in [0.5, 0.6) is 11.5 Å². The highest BCUT2D eigenvalue weighted by molar-refractivity contribution is 5.87. The van der Waals surface area contributed by atoms with Crippen molar-refractivity contribution in [2.75, 3.05) is 13.2 Å². The van der Waals surface area contributed by atoms with Crippen LogP contribution in [0.3, 0.4) is 0 Å². The molecule has 0 bridgehead atoms. The van der Waals surface area contributed by atoms with Gasteiger partial charge in [-0.3, -0.25) is 0 Å². The molecule has 0 radical (unpaired) electrons. The van der Waals surface area contributed by atoms with Gasteiger partial charge in [0.1, 0.15) is 11.5 Å². The van der Waals surface area contributed by atoms with Crippen LogP contribution in [-0.2, 0) is 5.60 Å². The van der Waals surface area contributed by atoms with Gasteiger partial charge in [0.2, 0.25) is 0 Å². The highest BCUT2D eigenvalue weighted by Gasteiger charge is 2.71. The van der Waals surface area contributed by atoms with Gasteiger partial charge in [-0.1, -0.05) is 0 Å². The number of carbonyl (C=O) groups is 1. The predicted octanol–water partition coefficient (Wildman–Crippen LogP) is 5.16. The third kappa shape index (κ3) is 5.26. The van der Waals surface area contributed by atoms with E-state index in [2.05, 4.69) is 0 Å². The van der Waals surface area contributed by atoms with Crippen LogP contribution in [0.15, 0.2) is 36.4 Å². The first kappa shape index (κ1) is 25.3. The molecule has 0 atom stereocenters. The van der Waals surface area contributed by atoms with Crippen molar-refractivity contribution >= 4 is 5.97 Å². The lowest BCUT2D eigenvalue weighted by Crippen LogP contribution is -2.54. The van der Waals surface area contributed by atoms with E-state index in [0.29, 0.717) is 24.3 Å². The molecule has 0 heterocycles. The molecule has 2 rings (SSSR count). The molecule has 2 aromatic carbocycles. The second-order valence-corrected chi connectivity index (χ2v) is 7.03. The third-order valence-corrected chi connectivity index (χ3v) is 4.60. The number of rotatable bonds is 8. The summed E-state index contributed by atoms with van der Waals surface area (Å²) in [4.78, 5) is 10.8. The van der Waals surface area contributed by atoms with E-state index in [1.165, 1.54) is 38.1 Å². The van der Waals surface area contributed by atoms with E-state index in [0.717, 1.165) is 0 Å². The summed E-state index contributed by atoms with van der Waals surface area (Å²) in [5, 5.41) is 18.4. The average Bonchev–Trinajstić information content (AvgIpc) is 2.67. The summed E-state index contributed by atoms with van der Waals surface area (Å²) in [6.45, 7) is 2.78. The van der Waals surface area contributed by atoms with Crippen molar-refractivity contribution < 1.29 is 50.8 Å². The largest absolute Gasteiger partial charge is 0.493 e. The summed E-state index contributed by atoms with van der Waals surface area (Å²) in [5.41, 5.74) is -6.25. The van der Waals surface area contributed by atoms with E-state index in [-0.39, 0.29) is 35.7 Å². The van der Waals surface area contributed by atoms with Crippen LogP contribution < -0.4 is 9.47 Å². The fourth-order valence-electron chi connectivity index (χ4n) is 2.99. The number of benzene rings is 2. The Morgan fingerprint density at radius 2 is 1.34 bits per heavy atom. The number of ether oxygens (including phenoxy) is 2. The predicted molar refractivity (Wildman–Crippen MR) is 101 cm³/mol. The molecule has 0 saturated carbocycles. The molecule has 32 heavy (non-hydrogen) atoms. The summed E-state index contributed by atoms with van der Waals surface area (Å²) in [7, 11) is 0. The SMILES string of the molecule is Cc1cc(C(O)(C(F)(F)F)C(F)(F)F)cc(C)c1OCCCOc1ccc(C(=O)O)cc1. The molecule has 0 amide bonds. The van der Waals surface area contributed by atoms with Gasteiger partial charge in [-0.05, 0) is 61.4 Å². The molecule has 11 heteroatoms. The summed E-state index contributed by atoms with van der Waals surface area (Å²) in [6.07, 6.45) is -11.6. The lowest BCUT2D eigenvalue weighted by molar-refractivity contribution is -0.376. The smallest absolute Gasteiger partial charge is 0.430 e. The molecule has 5 nitrogen and oxygen atoms in total. The number of aromatic carboxylic acids is 1. The number of aryl methyl sites for hydroxylation is 2. The molecule has 0 aliphatic rings. The fraction of sp³-hybridized carbons (Fsp3) is 0.381. The Morgan fingerprint density at radius 3 is 1.78 bits per heavy atom. The lowest BCUT2D eigenvalue weighted by atomic mass is 9.89. The maximum absolute atomic E-state index is 13.1. The van der Waals surface area contributed by atoms with Gasteiger partial charge in [0, 0.05) is 12.0 Å². The topological polar surface area (TPSA) is 76.0 Å². The van der Waals surface area contributed by atoms with E-state index in [9.17, 15) is 36.2 Å². The maximum atomic E-state index is 13.1. The van der Waals surface area contributed by atoms with Crippen molar-refractivity contribution in [3.63, 3.8) is 0 Å². The minimum atomic E-state index is -5.97. The summed E-state index contributed by atoms with van der Waals surface area (Å²) in [5.74, 6) is -0.554. The Morgan fingerprint density at radius 1 is 0.875 bits per heavy atom. The van der Waals surface area contributed by atoms with E-state index in [1.54, 1.807) is 0 Å². The molecule has 0 aliphatic carbocycles. The summed E-state index contributed by atoms with van der Waals surface area (Å²) in [6, 6.07) is 6.88. The van der Waals surface area contributed by atoms with Crippen LogP contribution in [0, 0.1) is 13.8 Å². The van der Waals surface area contributed by atoms with E-state index < -0.39 is 29.5 Å². The van der Waals surface area contributed by atoms with Crippen molar-refractivity contribution in [1.82, 2.24) is 0 Å². The highest BCUT2D eigenvalue weighted by Crippen LogP contribution is 2.50. The molecule has 2 aromatic rings. The maximum Gasteiger partial charge on any atom is 0.430 e. The molecule has 0 saturated heterocycles. The van der Waals surface area contributed by atoms with Crippen LogP contribution in [0.4, 0.5) is 26.3 Å². The minimum absolute atomic E-state index is 0.00268. The molecule has 176 valence electrons. The van der Waals surface area contributed by atoms with Crippen molar-refractivity contribution in [1.29, 1.82) is 0 Å². The van der Waals surface area contributed by atoms with Gasteiger partial charge in [-0.25, -0.2) is 4.79 Å². The molecule has 0 aromatic heterocycles. The zero-order valence-corrected chi connectivity index (χ0v) is 17.0. The number of alkyl halides is 6. The number of hydrogen-bond donors (Lipinski definition) is 2. The van der Waals surface area contributed by atoms with Crippen molar-refractivity contribution in [2.24, 2.45) is 0 Å². The van der Waals surface area contributed by atoms with Crippen LogP contribution in [0.1, 0.15) is 33.5 Å². The molecule has 2 N–H and O–H groups in total. The van der Waals surface area contributed by atoms with E-state index >= 15 is 0 Å². The molecule has 0 fully saturated rings. The Labute approximate surface area is 179 Å². The Balaban J connectivity index is 2.04. The van der Waals surface area contributed by atoms with Crippen LogP contribution in [0.2, 0.25) is 0 Å². The second-order valence-electron chi connectivity index (χ2n) is 7.03. The van der Waals surface area contributed by atoms with Crippen molar-refractivity contribution in [3.8, 4) is 11.5 Å². The van der Waals surface area contributed by atoms with Crippen molar-refractivity contribution in [2.45, 2.75) is 38.2 Å². The third-order valence-electron chi connectivity index (χ3n) is 4.60. The van der Waals surface area contributed by atoms with Crippen LogP contribution >= 0.6 is 0 Å². The Kier molecular flexibility index (Phi) is 7.33. The first-order valence-electron chi connectivity index (χ1n) is 9.25. The molecular formula is C21H20F6O5. The van der Waals surface area contributed by atoms with Gasteiger partial charge in [0.05, 0.1) is 18.8 Å². The first-order chi connectivity index (χ1) is 14.7. The number of carboxylic acid groups (broad SMARTS) is 1. The standard InChI is InChI=1S/C21H20F6O5/c1-12-10-15(19(30,20(22,23)24)21(25,26)27)11-13(2)17(12)32-9-3-8-31-16-6-4-14(5-7-16)18(28)29/h4-7,10-11,30H,3,8-9H2,1-2H3,(H,28,29). The van der Waals surface area contributed by atoms with Gasteiger partial charge in [-0.15, -0.1) is 0 Å². The van der Waals surface area contributed by atoms with Gasteiger partial charge >= 0.3 is 18.3 Å². The lowest BCUT2D eigenvalue weighted by Gasteiger charge is -2.33. The summed E-state index contributed by atoms with van der Waals surface area (Å²) >= 11 is 0. The monoisotopic (exact) mass is 466 g/mol.